The number of aromatic amines is 1. The highest BCUT2D eigenvalue weighted by atomic mass is 16.5. The van der Waals surface area contributed by atoms with Gasteiger partial charge in [0.1, 0.15) is 17.7 Å². The number of ether oxygens (including phenoxy) is 1. The average Bonchev–Trinajstić information content (AvgIpc) is 3.07. The van der Waals surface area contributed by atoms with Crippen LogP contribution in [0.25, 0.3) is 0 Å². The highest BCUT2D eigenvalue weighted by Crippen LogP contribution is 2.23. The molecule has 0 bridgehead atoms. The summed E-state index contributed by atoms with van der Waals surface area (Å²) in [7, 11) is 4.02. The van der Waals surface area contributed by atoms with Gasteiger partial charge in [-0.15, -0.1) is 0 Å². The lowest BCUT2D eigenvalue weighted by Gasteiger charge is -2.32. The van der Waals surface area contributed by atoms with E-state index in [0.29, 0.717) is 0 Å². The lowest BCUT2D eigenvalue weighted by molar-refractivity contribution is -0.0352. The molecule has 6 nitrogen and oxygen atoms in total. The number of anilines is 1. The normalized spacial score (nSPS) is 18.4. The average molecular weight is 343 g/mol. The van der Waals surface area contributed by atoms with Gasteiger partial charge in [-0.05, 0) is 18.6 Å². The summed E-state index contributed by atoms with van der Waals surface area (Å²) in [5.41, 5.74) is 2.19. The van der Waals surface area contributed by atoms with Crippen molar-refractivity contribution in [2.75, 3.05) is 38.7 Å². The number of H-pyrrole nitrogens is 1. The van der Waals surface area contributed by atoms with Crippen molar-refractivity contribution in [2.24, 2.45) is 0 Å². The van der Waals surface area contributed by atoms with Crippen molar-refractivity contribution in [2.45, 2.75) is 38.8 Å². The summed E-state index contributed by atoms with van der Waals surface area (Å²) in [4.78, 5) is 17.1. The molecule has 0 unspecified atom stereocenters. The molecule has 2 aromatic heterocycles. The van der Waals surface area contributed by atoms with Gasteiger partial charge >= 0.3 is 0 Å². The Labute approximate surface area is 150 Å². The number of nitrogens with one attached hydrogen (secondary N) is 1. The molecule has 1 aliphatic rings. The van der Waals surface area contributed by atoms with Gasteiger partial charge in [-0.2, -0.15) is 0 Å². The van der Waals surface area contributed by atoms with Crippen LogP contribution in [0.3, 0.4) is 0 Å². The molecule has 1 N–H and O–H groups in total. The van der Waals surface area contributed by atoms with Gasteiger partial charge in [0.05, 0.1) is 12.3 Å². The van der Waals surface area contributed by atoms with E-state index in [1.54, 1.807) is 0 Å². The summed E-state index contributed by atoms with van der Waals surface area (Å²) in [6.45, 7) is 5.61. The molecule has 0 saturated carbocycles. The van der Waals surface area contributed by atoms with E-state index in [0.717, 1.165) is 50.0 Å². The molecule has 3 rings (SSSR count). The van der Waals surface area contributed by atoms with Crippen molar-refractivity contribution in [3.05, 3.63) is 41.6 Å². The minimum absolute atomic E-state index is 0.0242. The zero-order valence-corrected chi connectivity index (χ0v) is 15.5. The highest BCUT2D eigenvalue weighted by molar-refractivity contribution is 5.37. The van der Waals surface area contributed by atoms with E-state index in [-0.39, 0.29) is 6.10 Å². The molecule has 6 heteroatoms. The third kappa shape index (κ3) is 4.80. The predicted molar refractivity (Wildman–Crippen MR) is 99.7 cm³/mol. The zero-order chi connectivity index (χ0) is 17.6. The number of imidazole rings is 1. The number of hydrogen-bond acceptors (Lipinski definition) is 5. The van der Waals surface area contributed by atoms with Crippen LogP contribution < -0.4 is 4.90 Å². The maximum Gasteiger partial charge on any atom is 0.128 e. The third-order valence-corrected chi connectivity index (χ3v) is 4.54. The van der Waals surface area contributed by atoms with Crippen molar-refractivity contribution in [3.8, 4) is 0 Å². The molecule has 2 aromatic rings. The fourth-order valence-electron chi connectivity index (χ4n) is 3.09. The van der Waals surface area contributed by atoms with Gasteiger partial charge in [0.2, 0.25) is 0 Å². The van der Waals surface area contributed by atoms with E-state index >= 15 is 0 Å². The lowest BCUT2D eigenvalue weighted by atomic mass is 10.2. The van der Waals surface area contributed by atoms with Crippen LogP contribution in [-0.2, 0) is 17.7 Å². The van der Waals surface area contributed by atoms with E-state index in [1.807, 2.05) is 31.3 Å². The Morgan fingerprint density at radius 1 is 1.36 bits per heavy atom. The quantitative estimate of drug-likeness (QED) is 0.838. The first-order chi connectivity index (χ1) is 12.2. The lowest BCUT2D eigenvalue weighted by Crippen LogP contribution is -2.38. The van der Waals surface area contributed by atoms with Gasteiger partial charge in [0, 0.05) is 52.0 Å². The molecule has 0 amide bonds. The number of nitrogens with zero attached hydrogens (tertiary/aromatic N) is 4. The van der Waals surface area contributed by atoms with Crippen molar-refractivity contribution in [1.82, 2.24) is 19.9 Å². The topological polar surface area (TPSA) is 57.3 Å². The first kappa shape index (κ1) is 17.9. The van der Waals surface area contributed by atoms with Gasteiger partial charge in [0.25, 0.3) is 0 Å². The van der Waals surface area contributed by atoms with Gasteiger partial charge < -0.3 is 14.6 Å². The fraction of sp³-hybridized carbons (Fsp3) is 0.579. The molecule has 0 spiro atoms. The number of morpholine rings is 1. The second-order valence-electron chi connectivity index (χ2n) is 6.87. The molecule has 0 radical (unpaired) electrons. The fourth-order valence-corrected chi connectivity index (χ4v) is 3.09. The first-order valence-corrected chi connectivity index (χ1v) is 9.16. The number of hydrogen-bond donors (Lipinski definition) is 1. The predicted octanol–water partition coefficient (Wildman–Crippen LogP) is 2.79. The van der Waals surface area contributed by atoms with Crippen molar-refractivity contribution in [1.29, 1.82) is 0 Å². The number of unbranched alkanes of at least 4 members (excludes halogenated alkanes) is 1. The van der Waals surface area contributed by atoms with Crippen LogP contribution in [-0.4, -0.2) is 53.6 Å². The maximum atomic E-state index is 5.98. The largest absolute Gasteiger partial charge is 0.369 e. The van der Waals surface area contributed by atoms with E-state index < -0.39 is 0 Å². The van der Waals surface area contributed by atoms with Gasteiger partial charge in [-0.1, -0.05) is 19.4 Å². The Hall–Kier alpha value is -1.92. The van der Waals surface area contributed by atoms with Crippen LogP contribution in [0.1, 0.15) is 43.1 Å². The minimum Gasteiger partial charge on any atom is -0.369 e. The van der Waals surface area contributed by atoms with E-state index in [1.165, 1.54) is 18.5 Å². The Morgan fingerprint density at radius 3 is 3.04 bits per heavy atom. The van der Waals surface area contributed by atoms with Crippen LogP contribution >= 0.6 is 0 Å². The Kier molecular flexibility index (Phi) is 6.04. The summed E-state index contributed by atoms with van der Waals surface area (Å²) < 4.78 is 5.98. The molecule has 0 aromatic carbocycles. The Balaban J connectivity index is 1.61. The van der Waals surface area contributed by atoms with Crippen molar-refractivity contribution in [3.63, 3.8) is 0 Å². The highest BCUT2D eigenvalue weighted by Gasteiger charge is 2.23. The van der Waals surface area contributed by atoms with Crippen molar-refractivity contribution < 1.29 is 4.74 Å². The van der Waals surface area contributed by atoms with Gasteiger partial charge in [-0.3, -0.25) is 4.90 Å². The second kappa shape index (κ2) is 8.45. The van der Waals surface area contributed by atoms with Crippen LogP contribution in [0.5, 0.6) is 0 Å². The number of aromatic nitrogens is 3. The molecule has 25 heavy (non-hydrogen) atoms. The Morgan fingerprint density at radius 2 is 2.24 bits per heavy atom. The molecule has 1 aliphatic heterocycles. The maximum absolute atomic E-state index is 5.98. The molecular weight excluding hydrogens is 314 g/mol. The molecule has 1 fully saturated rings. The molecule has 136 valence electrons. The van der Waals surface area contributed by atoms with Gasteiger partial charge in [-0.25, -0.2) is 9.97 Å². The summed E-state index contributed by atoms with van der Waals surface area (Å²) in [5.74, 6) is 2.06. The SMILES string of the molecule is CCCCc1ncc(CN2CCO[C@@H](c3cccc(N(C)C)n3)C2)[nH]1. The monoisotopic (exact) mass is 343 g/mol. The molecule has 0 aliphatic carbocycles. The van der Waals surface area contributed by atoms with Crippen LogP contribution in [0.15, 0.2) is 24.4 Å². The standard InChI is InChI=1S/C19H29N5O/c1-4-5-8-18-20-12-15(21-18)13-24-10-11-25-17(14-24)16-7-6-9-19(22-16)23(2)3/h6-7,9,12,17H,4-5,8,10-11,13-14H2,1-3H3,(H,20,21)/t17-/m1/s1. The zero-order valence-electron chi connectivity index (χ0n) is 15.5. The first-order valence-electron chi connectivity index (χ1n) is 9.16. The molecule has 1 atom stereocenters. The van der Waals surface area contributed by atoms with Crippen LogP contribution in [0.2, 0.25) is 0 Å². The van der Waals surface area contributed by atoms with Crippen LogP contribution in [0, 0.1) is 0 Å². The Bertz CT molecular complexity index is 669. The molecule has 3 heterocycles. The van der Waals surface area contributed by atoms with E-state index in [9.17, 15) is 0 Å². The molecular formula is C19H29N5O. The second-order valence-corrected chi connectivity index (χ2v) is 6.87. The molecule has 1 saturated heterocycles. The summed E-state index contributed by atoms with van der Waals surface area (Å²) >= 11 is 0. The summed E-state index contributed by atoms with van der Waals surface area (Å²) in [6, 6.07) is 6.13. The number of aryl methyl sites for hydroxylation is 1. The smallest absolute Gasteiger partial charge is 0.128 e. The van der Waals surface area contributed by atoms with E-state index in [2.05, 4.69) is 33.9 Å². The minimum atomic E-state index is 0.0242. The van der Waals surface area contributed by atoms with E-state index in [4.69, 9.17) is 9.72 Å². The van der Waals surface area contributed by atoms with Crippen LogP contribution in [0.4, 0.5) is 5.82 Å². The third-order valence-electron chi connectivity index (χ3n) is 4.54. The van der Waals surface area contributed by atoms with Gasteiger partial charge in [0.15, 0.2) is 0 Å². The summed E-state index contributed by atoms with van der Waals surface area (Å²) in [5, 5.41) is 0. The number of pyridine rings is 1. The summed E-state index contributed by atoms with van der Waals surface area (Å²) in [6.07, 6.45) is 5.40. The number of rotatable bonds is 7. The van der Waals surface area contributed by atoms with Crippen molar-refractivity contribution >= 4 is 5.82 Å².